The van der Waals surface area contributed by atoms with Crippen molar-refractivity contribution in [3.05, 3.63) is 51.8 Å². The van der Waals surface area contributed by atoms with Crippen molar-refractivity contribution in [1.82, 2.24) is 9.88 Å². The summed E-state index contributed by atoms with van der Waals surface area (Å²) < 4.78 is 4.83. The highest BCUT2D eigenvalue weighted by atomic mass is 35.5. The van der Waals surface area contributed by atoms with Gasteiger partial charge in [-0.15, -0.1) is 0 Å². The number of hydrogen-bond acceptors (Lipinski definition) is 5. The number of nitrogens with zero attached hydrogens (tertiary/aromatic N) is 2. The lowest BCUT2D eigenvalue weighted by Crippen LogP contribution is -2.52. The first kappa shape index (κ1) is 20.4. The van der Waals surface area contributed by atoms with Crippen LogP contribution in [0.25, 0.3) is 0 Å². The minimum Gasteiger partial charge on any atom is -0.465 e. The molecule has 2 aromatic rings. The van der Waals surface area contributed by atoms with Crippen LogP contribution in [-0.4, -0.2) is 61.0 Å². The highest BCUT2D eigenvalue weighted by Gasteiger charge is 2.30. The van der Waals surface area contributed by atoms with Crippen molar-refractivity contribution in [1.29, 1.82) is 0 Å². The zero-order chi connectivity index (χ0) is 20.4. The Bertz CT molecular complexity index is 885. The van der Waals surface area contributed by atoms with Crippen LogP contribution in [0.4, 0.5) is 5.69 Å². The van der Waals surface area contributed by atoms with Gasteiger partial charge in [-0.2, -0.15) is 0 Å². The molecule has 3 rings (SSSR count). The van der Waals surface area contributed by atoms with Crippen molar-refractivity contribution in [3.63, 3.8) is 0 Å². The van der Waals surface area contributed by atoms with Gasteiger partial charge in [0.1, 0.15) is 0 Å². The monoisotopic (exact) mass is 403 g/mol. The topological polar surface area (TPSA) is 65.6 Å². The van der Waals surface area contributed by atoms with E-state index in [2.05, 4.69) is 14.8 Å². The molecule has 28 heavy (non-hydrogen) atoms. The summed E-state index contributed by atoms with van der Waals surface area (Å²) in [6.45, 7) is 8.62. The minimum absolute atomic E-state index is 0.0121. The first-order valence-corrected chi connectivity index (χ1v) is 9.78. The van der Waals surface area contributed by atoms with Crippen LogP contribution in [0, 0.1) is 13.8 Å². The van der Waals surface area contributed by atoms with E-state index in [4.69, 9.17) is 16.3 Å². The summed E-state index contributed by atoms with van der Waals surface area (Å²) in [7, 11) is 1.34. The molecule has 2 heterocycles. The van der Waals surface area contributed by atoms with Crippen LogP contribution in [0.2, 0.25) is 5.02 Å². The van der Waals surface area contributed by atoms with E-state index in [9.17, 15) is 9.59 Å². The molecule has 6 nitrogen and oxygen atoms in total. The van der Waals surface area contributed by atoms with E-state index >= 15 is 0 Å². The fraction of sp³-hybridized carbons (Fsp3) is 0.429. The largest absolute Gasteiger partial charge is 0.465 e. The number of methoxy groups -OCH3 is 1. The third kappa shape index (κ3) is 3.80. The number of aryl methyl sites for hydroxylation is 1. The number of anilines is 1. The number of hydrogen-bond donors (Lipinski definition) is 1. The number of aromatic amines is 1. The third-order valence-electron chi connectivity index (χ3n) is 5.51. The van der Waals surface area contributed by atoms with Crippen LogP contribution in [0.5, 0.6) is 0 Å². The van der Waals surface area contributed by atoms with Gasteiger partial charge in [0.05, 0.1) is 35.1 Å². The Morgan fingerprint density at radius 1 is 1.14 bits per heavy atom. The van der Waals surface area contributed by atoms with Crippen molar-refractivity contribution in [2.24, 2.45) is 0 Å². The van der Waals surface area contributed by atoms with Crippen molar-refractivity contribution < 1.29 is 14.3 Å². The van der Waals surface area contributed by atoms with Crippen molar-refractivity contribution in [3.8, 4) is 0 Å². The maximum absolute atomic E-state index is 13.1. The van der Waals surface area contributed by atoms with E-state index in [0.717, 1.165) is 36.9 Å². The Morgan fingerprint density at radius 2 is 1.79 bits per heavy atom. The first-order valence-electron chi connectivity index (χ1n) is 9.40. The van der Waals surface area contributed by atoms with Gasteiger partial charge in [0.25, 0.3) is 0 Å². The number of H-pyrrole nitrogens is 1. The first-order chi connectivity index (χ1) is 13.3. The van der Waals surface area contributed by atoms with Gasteiger partial charge in [-0.3, -0.25) is 9.69 Å². The van der Waals surface area contributed by atoms with E-state index < -0.39 is 5.97 Å². The van der Waals surface area contributed by atoms with Crippen LogP contribution in [0.1, 0.15) is 39.0 Å². The molecule has 0 radical (unpaired) electrons. The average Bonchev–Trinajstić information content (AvgIpc) is 3.01. The van der Waals surface area contributed by atoms with E-state index in [-0.39, 0.29) is 11.8 Å². The number of Topliss-reactive ketones (excluding diaryl/α,β-unsaturated/α-hetero) is 1. The second kappa shape index (κ2) is 8.37. The van der Waals surface area contributed by atoms with Gasteiger partial charge in [0, 0.05) is 31.9 Å². The summed E-state index contributed by atoms with van der Waals surface area (Å²) in [6, 6.07) is 7.54. The molecular weight excluding hydrogens is 378 g/mol. The molecule has 1 aliphatic rings. The van der Waals surface area contributed by atoms with Crippen LogP contribution in [0.3, 0.4) is 0 Å². The molecule has 0 bridgehead atoms. The smallest absolute Gasteiger partial charge is 0.339 e. The second-order valence-electron chi connectivity index (χ2n) is 7.13. The Kier molecular flexibility index (Phi) is 6.10. The second-order valence-corrected chi connectivity index (χ2v) is 7.54. The molecular formula is C21H26ClN3O3. The number of carbonyl (C=O) groups is 2. The lowest BCUT2D eigenvalue weighted by Gasteiger charge is -2.38. The number of halogens is 1. The summed E-state index contributed by atoms with van der Waals surface area (Å²) in [5, 5.41) is 0.743. The number of benzene rings is 1. The summed E-state index contributed by atoms with van der Waals surface area (Å²) in [5.41, 5.74) is 3.27. The van der Waals surface area contributed by atoms with E-state index in [1.54, 1.807) is 13.8 Å². The van der Waals surface area contributed by atoms with Crippen molar-refractivity contribution in [2.75, 3.05) is 38.2 Å². The minimum atomic E-state index is -0.425. The van der Waals surface area contributed by atoms with E-state index in [1.807, 2.05) is 31.2 Å². The van der Waals surface area contributed by atoms with Gasteiger partial charge in [0.15, 0.2) is 5.78 Å². The van der Waals surface area contributed by atoms with Gasteiger partial charge < -0.3 is 14.6 Å². The van der Waals surface area contributed by atoms with Crippen LogP contribution >= 0.6 is 11.6 Å². The van der Waals surface area contributed by atoms with Gasteiger partial charge in [-0.25, -0.2) is 4.79 Å². The summed E-state index contributed by atoms with van der Waals surface area (Å²) in [4.78, 5) is 32.6. The predicted octanol–water partition coefficient (Wildman–Crippen LogP) is 3.46. The number of ether oxygens (including phenoxy) is 1. The average molecular weight is 404 g/mol. The molecule has 0 aliphatic carbocycles. The molecule has 1 atom stereocenters. The maximum atomic E-state index is 13.1. The standard InChI is InChI=1S/C21H26ClN3O3/c1-13-18(21(27)28-4)14(2)23-19(13)20(26)15(3)24-9-11-25(12-10-24)17-8-6-5-7-16(17)22/h5-8,15,23H,9-12H2,1-4H3. The van der Waals surface area contributed by atoms with Crippen molar-refractivity contribution >= 4 is 29.0 Å². The summed E-state index contributed by atoms with van der Waals surface area (Å²) >= 11 is 6.31. The predicted molar refractivity (Wildman–Crippen MR) is 111 cm³/mol. The van der Waals surface area contributed by atoms with Gasteiger partial charge >= 0.3 is 5.97 Å². The summed E-state index contributed by atoms with van der Waals surface area (Å²) in [5.74, 6) is -0.437. The van der Waals surface area contributed by atoms with Crippen LogP contribution in [0.15, 0.2) is 24.3 Å². The number of para-hydroxylation sites is 1. The van der Waals surface area contributed by atoms with E-state index in [0.29, 0.717) is 22.5 Å². The highest BCUT2D eigenvalue weighted by molar-refractivity contribution is 6.33. The lowest BCUT2D eigenvalue weighted by molar-refractivity contribution is 0.0599. The maximum Gasteiger partial charge on any atom is 0.339 e. The molecule has 1 aromatic heterocycles. The normalized spacial score (nSPS) is 16.1. The fourth-order valence-electron chi connectivity index (χ4n) is 3.84. The molecule has 0 saturated carbocycles. The number of nitrogens with one attached hydrogen (secondary N) is 1. The number of rotatable bonds is 5. The Hall–Kier alpha value is -2.31. The molecule has 0 spiro atoms. The van der Waals surface area contributed by atoms with E-state index in [1.165, 1.54) is 7.11 Å². The molecule has 1 saturated heterocycles. The third-order valence-corrected chi connectivity index (χ3v) is 5.83. The summed E-state index contributed by atoms with van der Waals surface area (Å²) in [6.07, 6.45) is 0. The highest BCUT2D eigenvalue weighted by Crippen LogP contribution is 2.27. The molecule has 1 aliphatic heterocycles. The van der Waals surface area contributed by atoms with Crippen LogP contribution in [-0.2, 0) is 4.74 Å². The number of esters is 1. The number of piperazine rings is 1. The van der Waals surface area contributed by atoms with Gasteiger partial charge in [-0.1, -0.05) is 23.7 Å². The van der Waals surface area contributed by atoms with Gasteiger partial charge in [0.2, 0.25) is 0 Å². The molecule has 7 heteroatoms. The molecule has 1 N–H and O–H groups in total. The Morgan fingerprint density at radius 3 is 2.39 bits per heavy atom. The SMILES string of the molecule is COC(=O)c1c(C)[nH]c(C(=O)C(C)N2CCN(c3ccccc3Cl)CC2)c1C. The zero-order valence-electron chi connectivity index (χ0n) is 16.7. The molecule has 1 unspecified atom stereocenters. The molecule has 1 fully saturated rings. The molecule has 0 amide bonds. The fourth-order valence-corrected chi connectivity index (χ4v) is 4.09. The number of aromatic nitrogens is 1. The number of ketones is 1. The number of carbonyl (C=O) groups excluding carboxylic acids is 2. The quantitative estimate of drug-likeness (QED) is 0.611. The van der Waals surface area contributed by atoms with Gasteiger partial charge in [-0.05, 0) is 38.5 Å². The zero-order valence-corrected chi connectivity index (χ0v) is 17.5. The Balaban J connectivity index is 1.70. The Labute approximate surface area is 170 Å². The van der Waals surface area contributed by atoms with Crippen LogP contribution < -0.4 is 4.90 Å². The molecule has 1 aromatic carbocycles. The molecule has 150 valence electrons. The lowest BCUT2D eigenvalue weighted by atomic mass is 10.0. The van der Waals surface area contributed by atoms with Crippen molar-refractivity contribution in [2.45, 2.75) is 26.8 Å².